The van der Waals surface area contributed by atoms with Gasteiger partial charge in [0.05, 0.1) is 6.42 Å². The van der Waals surface area contributed by atoms with Gasteiger partial charge in [-0.25, -0.2) is 0 Å². The first kappa shape index (κ1) is 48.1. The number of hydrogen-bond acceptors (Lipinski definition) is 5. The Kier molecular flexibility index (Phi) is 33.5. The van der Waals surface area contributed by atoms with Gasteiger partial charge in [0, 0.05) is 29.6 Å². The fourth-order valence-corrected chi connectivity index (χ4v) is 5.51. The van der Waals surface area contributed by atoms with Crippen molar-refractivity contribution < 1.29 is 45.7 Å². The summed E-state index contributed by atoms with van der Waals surface area (Å²) in [6, 6.07) is 4.60. The zero-order chi connectivity index (χ0) is 36.3. The van der Waals surface area contributed by atoms with E-state index in [1.807, 2.05) is 0 Å². The second-order valence-electron chi connectivity index (χ2n) is 13.3. The molecule has 0 spiro atoms. The summed E-state index contributed by atoms with van der Waals surface area (Å²) >= 11 is 0. The molecule has 0 amide bonds. The number of carbonyl (C=O) groups excluding carboxylic acids is 2. The first-order valence-electron chi connectivity index (χ1n) is 19.8. The number of aliphatic carboxylic acids is 1. The quantitative estimate of drug-likeness (QED) is 0.0341. The van der Waals surface area contributed by atoms with Gasteiger partial charge in [0.2, 0.25) is 0 Å². The predicted octanol–water partition coefficient (Wildman–Crippen LogP) is 12.7. The van der Waals surface area contributed by atoms with Gasteiger partial charge in [0.25, 0.3) is 0 Å². The number of hydrogen-bond donors (Lipinski definition) is 1. The molecule has 0 fully saturated rings. The van der Waals surface area contributed by atoms with E-state index < -0.39 is 11.9 Å². The van der Waals surface area contributed by atoms with Crippen LogP contribution >= 0.6 is 0 Å². The van der Waals surface area contributed by atoms with Crippen LogP contribution in [0.15, 0.2) is 66.8 Å². The van der Waals surface area contributed by atoms with Gasteiger partial charge >= 0.3 is 17.9 Å². The number of allylic oxidation sites excluding steroid dienone is 8. The van der Waals surface area contributed by atoms with Crippen LogP contribution in [-0.2, 0) is 37.6 Å². The third-order valence-corrected chi connectivity index (χ3v) is 8.47. The molecular formula is C44H68CoO6. The molecule has 0 saturated heterocycles. The predicted molar refractivity (Wildman–Crippen MR) is 208 cm³/mol. The number of benzene rings is 1. The van der Waals surface area contributed by atoms with Crippen LogP contribution in [0.4, 0.5) is 0 Å². The van der Waals surface area contributed by atoms with Gasteiger partial charge in [0.1, 0.15) is 0 Å². The van der Waals surface area contributed by atoms with E-state index in [4.69, 9.17) is 9.47 Å². The Morgan fingerprint density at radius 2 is 0.922 bits per heavy atom. The molecule has 51 heavy (non-hydrogen) atoms. The largest absolute Gasteiger partial charge is 0.481 e. The minimum atomic E-state index is -0.988. The molecule has 1 rings (SSSR count). The smallest absolute Gasteiger partial charge is 0.311 e. The van der Waals surface area contributed by atoms with Gasteiger partial charge in [-0.2, -0.15) is 0 Å². The molecule has 1 radical (unpaired) electrons. The Hall–Kier alpha value is -2.90. The number of carboxylic acid groups (broad SMARTS) is 1. The second-order valence-corrected chi connectivity index (χ2v) is 13.3. The van der Waals surface area contributed by atoms with Crippen LogP contribution in [0.5, 0.6) is 11.5 Å². The van der Waals surface area contributed by atoms with Crippen LogP contribution in [-0.4, -0.2) is 23.0 Å². The van der Waals surface area contributed by atoms with E-state index in [9.17, 15) is 19.5 Å². The SMILES string of the molecule is CCCCC/C=C\C/C=C\CCCCCCCC(=O)Oc1ccc(CC(=O)O)cc1OC(=O)CCCCCCC/C=C\C/C=C\CCCCC.[Co]. The molecule has 0 aliphatic heterocycles. The molecule has 0 unspecified atom stereocenters. The van der Waals surface area contributed by atoms with Gasteiger partial charge in [-0.3, -0.25) is 14.4 Å². The molecule has 1 aromatic rings. The van der Waals surface area contributed by atoms with Crippen molar-refractivity contribution in [2.24, 2.45) is 0 Å². The Balaban J connectivity index is 0.0000250. The Bertz CT molecular complexity index is 1150. The second kappa shape index (κ2) is 35.5. The summed E-state index contributed by atoms with van der Waals surface area (Å²) in [5.41, 5.74) is 0.478. The first-order valence-corrected chi connectivity index (χ1v) is 19.8. The van der Waals surface area contributed by atoms with E-state index in [0.29, 0.717) is 12.0 Å². The Morgan fingerprint density at radius 3 is 1.35 bits per heavy atom. The number of unbranched alkanes of at least 4 members (excludes halogenated alkanes) is 16. The number of esters is 2. The van der Waals surface area contributed by atoms with E-state index in [-0.39, 0.29) is 53.5 Å². The summed E-state index contributed by atoms with van der Waals surface area (Å²) in [5, 5.41) is 9.21. The van der Waals surface area contributed by atoms with E-state index in [2.05, 4.69) is 62.5 Å². The summed E-state index contributed by atoms with van der Waals surface area (Å²) in [4.78, 5) is 36.5. The molecule has 0 aromatic heterocycles. The topological polar surface area (TPSA) is 89.9 Å². The fourth-order valence-electron chi connectivity index (χ4n) is 5.51. The van der Waals surface area contributed by atoms with Crippen molar-refractivity contribution in [3.8, 4) is 11.5 Å². The van der Waals surface area contributed by atoms with Crippen molar-refractivity contribution >= 4 is 17.9 Å². The van der Waals surface area contributed by atoms with E-state index in [1.165, 1.54) is 63.5 Å². The minimum absolute atomic E-state index is 0. The molecule has 0 aliphatic rings. The molecule has 0 bridgehead atoms. The molecule has 6 nitrogen and oxygen atoms in total. The molecule has 0 atom stereocenters. The van der Waals surface area contributed by atoms with Crippen molar-refractivity contribution in [1.29, 1.82) is 0 Å². The van der Waals surface area contributed by atoms with Crippen LogP contribution in [0.25, 0.3) is 0 Å². The molecule has 289 valence electrons. The van der Waals surface area contributed by atoms with Crippen LogP contribution in [0.1, 0.15) is 174 Å². The number of rotatable bonds is 32. The van der Waals surface area contributed by atoms with Gasteiger partial charge in [-0.15, -0.1) is 0 Å². The van der Waals surface area contributed by atoms with E-state index in [1.54, 1.807) is 6.07 Å². The monoisotopic (exact) mass is 751 g/mol. The van der Waals surface area contributed by atoms with Crippen LogP contribution < -0.4 is 9.47 Å². The zero-order valence-electron chi connectivity index (χ0n) is 31.9. The first-order chi connectivity index (χ1) is 24.5. The number of carbonyl (C=O) groups is 3. The summed E-state index contributed by atoms with van der Waals surface area (Å²) in [7, 11) is 0. The van der Waals surface area contributed by atoms with Crippen LogP contribution in [0, 0.1) is 0 Å². The summed E-state index contributed by atoms with van der Waals surface area (Å²) in [6.45, 7) is 4.45. The molecule has 0 aliphatic carbocycles. The van der Waals surface area contributed by atoms with Crippen LogP contribution in [0.2, 0.25) is 0 Å². The average molecular weight is 752 g/mol. The standard InChI is InChI=1S/C44H68O6.Co/c1-3-5-7-9-11-13-15-17-19-21-23-25-27-29-31-33-43(47)49-40-36-35-39(38-42(45)46)37-41(40)50-44(48)34-32-30-28-26-24-22-20-18-16-14-12-10-8-6-4-2;/h11-14,17-20,35-37H,3-10,15-16,21-34,38H2,1-2H3,(H,45,46);/b13-11-,14-12-,19-17-,20-18-;. The van der Waals surface area contributed by atoms with E-state index >= 15 is 0 Å². The number of carboxylic acids is 1. The molecule has 7 heteroatoms. The van der Waals surface area contributed by atoms with Gasteiger partial charge in [-0.05, 0) is 94.7 Å². The molecule has 0 saturated carbocycles. The van der Waals surface area contributed by atoms with E-state index in [0.717, 1.165) is 83.5 Å². The normalized spacial score (nSPS) is 11.6. The summed E-state index contributed by atoms with van der Waals surface area (Å²) < 4.78 is 11.2. The van der Waals surface area contributed by atoms with Crippen LogP contribution in [0.3, 0.4) is 0 Å². The van der Waals surface area contributed by atoms with Gasteiger partial charge < -0.3 is 14.6 Å². The maximum atomic E-state index is 12.6. The average Bonchev–Trinajstić information content (AvgIpc) is 3.09. The third-order valence-electron chi connectivity index (χ3n) is 8.47. The fraction of sp³-hybridized carbons (Fsp3) is 0.614. The number of ether oxygens (including phenoxy) is 2. The molecule has 1 N–H and O–H groups in total. The van der Waals surface area contributed by atoms with Gasteiger partial charge in [0.15, 0.2) is 11.5 Å². The van der Waals surface area contributed by atoms with Gasteiger partial charge in [-0.1, -0.05) is 133 Å². The maximum absolute atomic E-state index is 12.6. The molecular weight excluding hydrogens is 683 g/mol. The van der Waals surface area contributed by atoms with Crippen molar-refractivity contribution in [2.75, 3.05) is 0 Å². The Morgan fingerprint density at radius 1 is 0.529 bits per heavy atom. The van der Waals surface area contributed by atoms with Crippen molar-refractivity contribution in [2.45, 2.75) is 174 Å². The van der Waals surface area contributed by atoms with Crippen molar-refractivity contribution in [1.82, 2.24) is 0 Å². The molecule has 1 aromatic carbocycles. The minimum Gasteiger partial charge on any atom is -0.481 e. The third kappa shape index (κ3) is 30.4. The van der Waals surface area contributed by atoms with Crippen molar-refractivity contribution in [3.05, 3.63) is 72.4 Å². The summed E-state index contributed by atoms with van der Waals surface area (Å²) in [5.74, 6) is -1.52. The molecule has 0 heterocycles. The zero-order valence-corrected chi connectivity index (χ0v) is 32.9. The Labute approximate surface area is 320 Å². The summed E-state index contributed by atoms with van der Waals surface area (Å²) in [6.07, 6.45) is 42.6. The van der Waals surface area contributed by atoms with Crippen molar-refractivity contribution in [3.63, 3.8) is 0 Å². The maximum Gasteiger partial charge on any atom is 0.311 e.